The Balaban J connectivity index is 2.30. The monoisotopic (exact) mass is 211 g/mol. The van der Waals surface area contributed by atoms with Crippen molar-refractivity contribution in [3.8, 4) is 0 Å². The molecule has 0 amide bonds. The minimum absolute atomic E-state index is 0.574. The van der Waals surface area contributed by atoms with Crippen molar-refractivity contribution < 1.29 is 0 Å². The van der Waals surface area contributed by atoms with Crippen LogP contribution in [0.5, 0.6) is 0 Å². The summed E-state index contributed by atoms with van der Waals surface area (Å²) in [5.41, 5.74) is 3.72. The maximum absolute atomic E-state index is 4.10. The van der Waals surface area contributed by atoms with E-state index in [1.54, 1.807) is 6.08 Å². The molecule has 0 fully saturated rings. The highest BCUT2D eigenvalue weighted by Crippen LogP contribution is 2.37. The number of anilines is 1. The van der Waals surface area contributed by atoms with E-state index in [1.165, 1.54) is 11.3 Å². The summed E-state index contributed by atoms with van der Waals surface area (Å²) in [6.45, 7) is 11.0. The van der Waals surface area contributed by atoms with Gasteiger partial charge in [-0.15, -0.1) is 0 Å². The van der Waals surface area contributed by atoms with Crippen LogP contribution in [0.15, 0.2) is 61.3 Å². The average Bonchev–Trinajstić information content (AvgIpc) is 2.65. The lowest BCUT2D eigenvalue weighted by Gasteiger charge is -2.19. The number of nitrogens with zero attached hydrogens (tertiary/aromatic N) is 1. The summed E-state index contributed by atoms with van der Waals surface area (Å²) in [6, 6.07) is 8.53. The molecule has 1 nitrogen and oxygen atoms in total. The zero-order chi connectivity index (χ0) is 11.5. The molecule has 1 heterocycles. The van der Waals surface area contributed by atoms with Crippen LogP contribution in [0, 0.1) is 0 Å². The first-order chi connectivity index (χ1) is 7.74. The van der Waals surface area contributed by atoms with Crippen molar-refractivity contribution >= 4 is 5.69 Å². The quantitative estimate of drug-likeness (QED) is 0.686. The Hall–Kier alpha value is -1.76. The van der Waals surface area contributed by atoms with Crippen LogP contribution in [-0.2, 0) is 0 Å². The molecule has 1 aromatic carbocycles. The number of rotatable bonds is 3. The molecule has 1 atom stereocenters. The van der Waals surface area contributed by atoms with Crippen molar-refractivity contribution in [2.24, 2.45) is 0 Å². The van der Waals surface area contributed by atoms with Crippen molar-refractivity contribution in [2.75, 3.05) is 11.4 Å². The molecule has 0 saturated carbocycles. The fraction of sp³-hybridized carbons (Fsp3) is 0.200. The molecule has 1 aliphatic rings. The van der Waals surface area contributed by atoms with Gasteiger partial charge in [-0.25, -0.2) is 0 Å². The van der Waals surface area contributed by atoms with Gasteiger partial charge in [-0.05, 0) is 17.7 Å². The normalized spacial score (nSPS) is 18.8. The highest BCUT2D eigenvalue weighted by molar-refractivity contribution is 5.64. The highest BCUT2D eigenvalue weighted by Gasteiger charge is 2.25. The Kier molecular flexibility index (Phi) is 2.95. The summed E-state index contributed by atoms with van der Waals surface area (Å²) in [6.07, 6.45) is 5.70. The molecule has 0 N–H and O–H groups in total. The van der Waals surface area contributed by atoms with Crippen molar-refractivity contribution in [3.63, 3.8) is 0 Å². The summed E-state index contributed by atoms with van der Waals surface area (Å²) < 4.78 is 0. The topological polar surface area (TPSA) is 3.24 Å². The molecule has 16 heavy (non-hydrogen) atoms. The second kappa shape index (κ2) is 4.40. The van der Waals surface area contributed by atoms with Gasteiger partial charge in [0.2, 0.25) is 0 Å². The predicted octanol–water partition coefficient (Wildman–Crippen LogP) is 3.87. The number of benzene rings is 1. The van der Waals surface area contributed by atoms with E-state index < -0.39 is 0 Å². The largest absolute Gasteiger partial charge is 0.341 e. The Morgan fingerprint density at radius 2 is 2.19 bits per heavy atom. The minimum atomic E-state index is 0.574. The van der Waals surface area contributed by atoms with Crippen LogP contribution in [0.3, 0.4) is 0 Å². The molecule has 1 heteroatoms. The molecule has 1 aromatic rings. The third-order valence-corrected chi connectivity index (χ3v) is 2.99. The van der Waals surface area contributed by atoms with Crippen molar-refractivity contribution in [2.45, 2.75) is 12.8 Å². The molecular weight excluding hydrogens is 194 g/mol. The molecule has 0 saturated heterocycles. The summed E-state index contributed by atoms with van der Waals surface area (Å²) in [5.74, 6) is 0.574. The van der Waals surface area contributed by atoms with Gasteiger partial charge in [0.15, 0.2) is 0 Å². The molecular formula is C15H17N. The lowest BCUT2D eigenvalue weighted by Crippen LogP contribution is -2.18. The molecule has 1 aliphatic heterocycles. The van der Waals surface area contributed by atoms with Crippen molar-refractivity contribution in [1.29, 1.82) is 0 Å². The van der Waals surface area contributed by atoms with E-state index in [4.69, 9.17) is 0 Å². The van der Waals surface area contributed by atoms with Gasteiger partial charge in [0.1, 0.15) is 0 Å². The summed E-state index contributed by atoms with van der Waals surface area (Å²) in [5, 5.41) is 0. The fourth-order valence-corrected chi connectivity index (χ4v) is 2.16. The van der Waals surface area contributed by atoms with Crippen LogP contribution >= 0.6 is 0 Å². The van der Waals surface area contributed by atoms with Crippen molar-refractivity contribution in [3.05, 3.63) is 66.9 Å². The first-order valence-electron chi connectivity index (χ1n) is 5.58. The average molecular weight is 211 g/mol. The first-order valence-corrected chi connectivity index (χ1v) is 5.58. The standard InChI is InChI=1S/C15H17N/c1-4-5-8-13(3)16-11-12(2)14-9-6-7-10-15(14)16/h4-10,12H,1,3,11H2,2H3/b8-5-. The maximum atomic E-state index is 4.10. The molecule has 0 bridgehead atoms. The van der Waals surface area contributed by atoms with Gasteiger partial charge in [0.25, 0.3) is 0 Å². The van der Waals surface area contributed by atoms with E-state index in [9.17, 15) is 0 Å². The second-order valence-corrected chi connectivity index (χ2v) is 4.16. The molecule has 0 spiro atoms. The summed E-state index contributed by atoms with van der Waals surface area (Å²) in [7, 11) is 0. The van der Waals surface area contributed by atoms with Gasteiger partial charge in [0.05, 0.1) is 0 Å². The zero-order valence-corrected chi connectivity index (χ0v) is 9.69. The van der Waals surface area contributed by atoms with E-state index in [1.807, 2.05) is 12.2 Å². The summed E-state index contributed by atoms with van der Waals surface area (Å²) in [4.78, 5) is 2.26. The van der Waals surface area contributed by atoms with Gasteiger partial charge in [-0.2, -0.15) is 0 Å². The molecule has 1 unspecified atom stereocenters. The summed E-state index contributed by atoms with van der Waals surface area (Å²) >= 11 is 0. The third kappa shape index (κ3) is 1.81. The van der Waals surface area contributed by atoms with Gasteiger partial charge in [0, 0.05) is 23.8 Å². The van der Waals surface area contributed by atoms with E-state index in [0.717, 1.165) is 12.2 Å². The Labute approximate surface area is 97.4 Å². The van der Waals surface area contributed by atoms with E-state index in [-0.39, 0.29) is 0 Å². The van der Waals surface area contributed by atoms with Crippen LogP contribution in [-0.4, -0.2) is 6.54 Å². The molecule has 2 rings (SSSR count). The fourth-order valence-electron chi connectivity index (χ4n) is 2.16. The number of para-hydroxylation sites is 1. The van der Waals surface area contributed by atoms with Crippen LogP contribution < -0.4 is 4.90 Å². The molecule has 0 aromatic heterocycles. The molecule has 0 radical (unpaired) electrons. The molecule has 82 valence electrons. The third-order valence-electron chi connectivity index (χ3n) is 2.99. The predicted molar refractivity (Wildman–Crippen MR) is 70.7 cm³/mol. The van der Waals surface area contributed by atoms with Gasteiger partial charge in [-0.3, -0.25) is 0 Å². The van der Waals surface area contributed by atoms with E-state index in [0.29, 0.717) is 5.92 Å². The second-order valence-electron chi connectivity index (χ2n) is 4.16. The van der Waals surface area contributed by atoms with Gasteiger partial charge >= 0.3 is 0 Å². The van der Waals surface area contributed by atoms with Crippen LogP contribution in [0.25, 0.3) is 0 Å². The lowest BCUT2D eigenvalue weighted by atomic mass is 10.0. The van der Waals surface area contributed by atoms with Crippen molar-refractivity contribution in [1.82, 2.24) is 0 Å². The maximum Gasteiger partial charge on any atom is 0.0446 e. The highest BCUT2D eigenvalue weighted by atomic mass is 15.2. The minimum Gasteiger partial charge on any atom is -0.341 e. The number of fused-ring (bicyclic) bond motifs is 1. The lowest BCUT2D eigenvalue weighted by molar-refractivity contribution is 0.802. The SMILES string of the molecule is C=C/C=C\C(=C)N1CC(C)c2ccccc21. The number of hydrogen-bond acceptors (Lipinski definition) is 1. The van der Waals surface area contributed by atoms with Gasteiger partial charge in [-0.1, -0.05) is 50.4 Å². The Bertz CT molecular complexity index is 443. The van der Waals surface area contributed by atoms with Crippen LogP contribution in [0.1, 0.15) is 18.4 Å². The first kappa shape index (κ1) is 10.7. The van der Waals surface area contributed by atoms with E-state index in [2.05, 4.69) is 49.2 Å². The van der Waals surface area contributed by atoms with Gasteiger partial charge < -0.3 is 4.90 Å². The Morgan fingerprint density at radius 1 is 1.44 bits per heavy atom. The Morgan fingerprint density at radius 3 is 2.94 bits per heavy atom. The number of allylic oxidation sites excluding steroid dienone is 3. The number of hydrogen-bond donors (Lipinski definition) is 0. The molecule has 0 aliphatic carbocycles. The smallest absolute Gasteiger partial charge is 0.0446 e. The van der Waals surface area contributed by atoms with E-state index >= 15 is 0 Å². The van der Waals surface area contributed by atoms with Crippen LogP contribution in [0.4, 0.5) is 5.69 Å². The zero-order valence-electron chi connectivity index (χ0n) is 9.69. The van der Waals surface area contributed by atoms with Crippen LogP contribution in [0.2, 0.25) is 0 Å².